The molecule has 0 aromatic rings. The lowest BCUT2D eigenvalue weighted by atomic mass is 10.1. The molecule has 0 aliphatic carbocycles. The fourth-order valence-corrected chi connectivity index (χ4v) is 6.89. The molecule has 1 unspecified atom stereocenters. The predicted molar refractivity (Wildman–Crippen MR) is 270 cm³/mol. The van der Waals surface area contributed by atoms with Crippen LogP contribution in [0.4, 0.5) is 0 Å². The SMILES string of the molecule is CCCCC/C=C\C/C=C\C/C=C\C/C=C\CCCC(=O)OCC(COC(=O)CCCCCCC/C=C\CCCCC)OC(=O)CCCCC/C=C\C=C/CCCCCCCCC. The zero-order chi connectivity index (χ0) is 45.8. The molecule has 0 saturated heterocycles. The van der Waals surface area contributed by atoms with E-state index >= 15 is 0 Å². The topological polar surface area (TPSA) is 78.9 Å². The summed E-state index contributed by atoms with van der Waals surface area (Å²) in [7, 11) is 0. The fraction of sp³-hybridized carbons (Fsp3) is 0.702. The maximum absolute atomic E-state index is 12.8. The summed E-state index contributed by atoms with van der Waals surface area (Å²) in [6, 6.07) is 0. The van der Waals surface area contributed by atoms with Crippen molar-refractivity contribution >= 4 is 17.9 Å². The zero-order valence-electron chi connectivity index (χ0n) is 41.1. The van der Waals surface area contributed by atoms with E-state index in [1.807, 2.05) is 0 Å². The first-order valence-corrected chi connectivity index (χ1v) is 26.1. The largest absolute Gasteiger partial charge is 0.462 e. The second-order valence-corrected chi connectivity index (χ2v) is 17.1. The predicted octanol–water partition coefficient (Wildman–Crippen LogP) is 17.2. The summed E-state index contributed by atoms with van der Waals surface area (Å²) >= 11 is 0. The Labute approximate surface area is 388 Å². The molecule has 0 rings (SSSR count). The Morgan fingerprint density at radius 1 is 0.333 bits per heavy atom. The molecule has 0 heterocycles. The summed E-state index contributed by atoms with van der Waals surface area (Å²) in [6.45, 7) is 6.50. The number of rotatable bonds is 46. The molecular weight excluding hydrogens is 781 g/mol. The van der Waals surface area contributed by atoms with Crippen molar-refractivity contribution < 1.29 is 28.6 Å². The van der Waals surface area contributed by atoms with Crippen LogP contribution >= 0.6 is 0 Å². The standard InChI is InChI=1S/C57H96O6/c1-4-7-10-13-16-19-22-25-27-29-31-32-35-38-41-44-47-50-56(59)62-53-54(52-61-55(58)49-46-43-40-37-34-24-21-18-15-12-9-6-3)63-57(60)51-48-45-42-39-36-33-30-28-26-23-20-17-14-11-8-5-2/h16,18-19,21,25,27-28,30-33,36,38,41,54H,4-15,17,20,22-24,26,29,34-35,37,39-40,42-53H2,1-3H3/b19-16-,21-18-,27-25-,30-28-,32-31-,36-33-,41-38-. The van der Waals surface area contributed by atoms with Crippen molar-refractivity contribution in [2.24, 2.45) is 0 Å². The Bertz CT molecular complexity index is 1240. The Hall–Kier alpha value is -3.41. The smallest absolute Gasteiger partial charge is 0.306 e. The van der Waals surface area contributed by atoms with Gasteiger partial charge in [0.15, 0.2) is 6.10 Å². The molecule has 0 fully saturated rings. The van der Waals surface area contributed by atoms with Gasteiger partial charge in [-0.3, -0.25) is 14.4 Å². The third-order valence-electron chi connectivity index (χ3n) is 10.9. The van der Waals surface area contributed by atoms with Crippen LogP contribution < -0.4 is 0 Å². The number of carbonyl (C=O) groups is 3. The summed E-state index contributed by atoms with van der Waals surface area (Å²) in [5.74, 6) is -1.00. The molecular formula is C57H96O6. The quantitative estimate of drug-likeness (QED) is 0.0199. The molecule has 0 radical (unpaired) electrons. The van der Waals surface area contributed by atoms with Gasteiger partial charge in [0.1, 0.15) is 13.2 Å². The monoisotopic (exact) mass is 877 g/mol. The van der Waals surface area contributed by atoms with Crippen molar-refractivity contribution in [3.8, 4) is 0 Å². The second kappa shape index (κ2) is 51.2. The molecule has 0 aliphatic heterocycles. The summed E-state index contributed by atoms with van der Waals surface area (Å²) < 4.78 is 16.7. The molecule has 0 spiro atoms. The van der Waals surface area contributed by atoms with Crippen LogP contribution in [0.3, 0.4) is 0 Å². The molecule has 6 nitrogen and oxygen atoms in total. The average molecular weight is 877 g/mol. The van der Waals surface area contributed by atoms with E-state index in [0.29, 0.717) is 12.8 Å². The van der Waals surface area contributed by atoms with Gasteiger partial charge in [-0.25, -0.2) is 0 Å². The van der Waals surface area contributed by atoms with Gasteiger partial charge in [0.05, 0.1) is 0 Å². The van der Waals surface area contributed by atoms with Gasteiger partial charge < -0.3 is 14.2 Å². The average Bonchev–Trinajstić information content (AvgIpc) is 3.28. The number of allylic oxidation sites excluding steroid dienone is 14. The van der Waals surface area contributed by atoms with E-state index in [-0.39, 0.29) is 44.0 Å². The number of unbranched alkanes of at least 4 members (excludes halogenated alkanes) is 22. The van der Waals surface area contributed by atoms with Crippen LogP contribution in [-0.2, 0) is 28.6 Å². The van der Waals surface area contributed by atoms with E-state index in [0.717, 1.165) is 89.9 Å². The van der Waals surface area contributed by atoms with Crippen LogP contribution in [0, 0.1) is 0 Å². The Morgan fingerprint density at radius 3 is 1.11 bits per heavy atom. The highest BCUT2D eigenvalue weighted by Crippen LogP contribution is 2.12. The van der Waals surface area contributed by atoms with E-state index in [1.54, 1.807) is 0 Å². The molecule has 0 bridgehead atoms. The molecule has 1 atom stereocenters. The van der Waals surface area contributed by atoms with E-state index < -0.39 is 6.10 Å². The minimum atomic E-state index is -0.815. The van der Waals surface area contributed by atoms with E-state index in [9.17, 15) is 14.4 Å². The highest BCUT2D eigenvalue weighted by Gasteiger charge is 2.19. The Balaban J connectivity index is 4.53. The van der Waals surface area contributed by atoms with Crippen molar-refractivity contribution in [1.82, 2.24) is 0 Å². The second-order valence-electron chi connectivity index (χ2n) is 17.1. The van der Waals surface area contributed by atoms with Gasteiger partial charge >= 0.3 is 17.9 Å². The summed E-state index contributed by atoms with van der Waals surface area (Å²) in [4.78, 5) is 37.9. The Kier molecular flexibility index (Phi) is 48.5. The van der Waals surface area contributed by atoms with Crippen LogP contribution in [0.5, 0.6) is 0 Å². The number of ether oxygens (including phenoxy) is 3. The number of hydrogen-bond donors (Lipinski definition) is 0. The van der Waals surface area contributed by atoms with Crippen molar-refractivity contribution in [3.05, 3.63) is 85.1 Å². The van der Waals surface area contributed by atoms with Gasteiger partial charge in [0, 0.05) is 19.3 Å². The van der Waals surface area contributed by atoms with Gasteiger partial charge in [0.2, 0.25) is 0 Å². The van der Waals surface area contributed by atoms with Crippen LogP contribution in [0.1, 0.15) is 239 Å². The van der Waals surface area contributed by atoms with Crippen molar-refractivity contribution in [3.63, 3.8) is 0 Å². The molecule has 6 heteroatoms. The molecule has 0 aromatic heterocycles. The van der Waals surface area contributed by atoms with Gasteiger partial charge in [-0.2, -0.15) is 0 Å². The summed E-state index contributed by atoms with van der Waals surface area (Å²) in [5, 5.41) is 0. The summed E-state index contributed by atoms with van der Waals surface area (Å²) in [6.07, 6.45) is 65.7. The normalized spacial score (nSPS) is 12.7. The molecule has 0 aromatic carbocycles. The van der Waals surface area contributed by atoms with Crippen molar-refractivity contribution in [2.75, 3.05) is 13.2 Å². The number of carbonyl (C=O) groups excluding carboxylic acids is 3. The highest BCUT2D eigenvalue weighted by atomic mass is 16.6. The molecule has 0 aliphatic rings. The molecule has 0 saturated carbocycles. The third-order valence-corrected chi connectivity index (χ3v) is 10.9. The lowest BCUT2D eigenvalue weighted by molar-refractivity contribution is -0.167. The van der Waals surface area contributed by atoms with E-state index in [1.165, 1.54) is 103 Å². The molecule has 360 valence electrons. The fourth-order valence-electron chi connectivity index (χ4n) is 6.89. The van der Waals surface area contributed by atoms with Gasteiger partial charge in [0.25, 0.3) is 0 Å². The lowest BCUT2D eigenvalue weighted by Crippen LogP contribution is -2.30. The lowest BCUT2D eigenvalue weighted by Gasteiger charge is -2.18. The first-order chi connectivity index (χ1) is 31.0. The van der Waals surface area contributed by atoms with E-state index in [2.05, 4.69) is 106 Å². The number of hydrogen-bond acceptors (Lipinski definition) is 6. The first-order valence-electron chi connectivity index (χ1n) is 26.1. The van der Waals surface area contributed by atoms with Crippen LogP contribution in [0.25, 0.3) is 0 Å². The summed E-state index contributed by atoms with van der Waals surface area (Å²) in [5.41, 5.74) is 0. The maximum Gasteiger partial charge on any atom is 0.306 e. The minimum Gasteiger partial charge on any atom is -0.462 e. The third kappa shape index (κ3) is 49.5. The van der Waals surface area contributed by atoms with Gasteiger partial charge in [-0.05, 0) is 109 Å². The Morgan fingerprint density at radius 2 is 0.635 bits per heavy atom. The van der Waals surface area contributed by atoms with Crippen LogP contribution in [0.15, 0.2) is 85.1 Å². The van der Waals surface area contributed by atoms with E-state index in [4.69, 9.17) is 14.2 Å². The highest BCUT2D eigenvalue weighted by molar-refractivity contribution is 5.71. The van der Waals surface area contributed by atoms with Crippen LogP contribution in [-0.4, -0.2) is 37.2 Å². The maximum atomic E-state index is 12.8. The van der Waals surface area contributed by atoms with Crippen LogP contribution in [0.2, 0.25) is 0 Å². The zero-order valence-corrected chi connectivity index (χ0v) is 41.1. The first kappa shape index (κ1) is 59.6. The van der Waals surface area contributed by atoms with Crippen molar-refractivity contribution in [1.29, 1.82) is 0 Å². The molecule has 0 N–H and O–H groups in total. The van der Waals surface area contributed by atoms with Gasteiger partial charge in [-0.15, -0.1) is 0 Å². The van der Waals surface area contributed by atoms with Crippen molar-refractivity contribution in [2.45, 2.75) is 245 Å². The minimum absolute atomic E-state index is 0.109. The number of esters is 3. The molecule has 63 heavy (non-hydrogen) atoms. The molecule has 0 amide bonds. The van der Waals surface area contributed by atoms with Gasteiger partial charge in [-0.1, -0.05) is 196 Å².